The summed E-state index contributed by atoms with van der Waals surface area (Å²) < 4.78 is 41.2. The van der Waals surface area contributed by atoms with E-state index in [0.29, 0.717) is 32.6 Å². The first-order valence-electron chi connectivity index (χ1n) is 11.2. The third-order valence-electron chi connectivity index (χ3n) is 6.68. The zero-order chi connectivity index (χ0) is 22.0. The van der Waals surface area contributed by atoms with Gasteiger partial charge >= 0.3 is 0 Å². The van der Waals surface area contributed by atoms with Crippen molar-refractivity contribution in [3.8, 4) is 0 Å². The lowest BCUT2D eigenvalue weighted by molar-refractivity contribution is -0.131. The number of hydrogen-bond acceptors (Lipinski definition) is 4. The van der Waals surface area contributed by atoms with Crippen molar-refractivity contribution in [1.82, 2.24) is 14.1 Å². The molecular weight excluding hydrogens is 421 g/mol. The molecule has 0 saturated carbocycles. The van der Waals surface area contributed by atoms with Gasteiger partial charge in [-0.25, -0.2) is 12.8 Å². The molecule has 0 aromatic heterocycles. The molecule has 2 amide bonds. The summed E-state index contributed by atoms with van der Waals surface area (Å²) in [4.78, 5) is 28.5. The number of sulfonamides is 1. The molecule has 0 spiro atoms. The molecule has 1 aromatic rings. The molecule has 3 heterocycles. The molecule has 0 unspecified atom stereocenters. The first-order chi connectivity index (χ1) is 14.9. The zero-order valence-corrected chi connectivity index (χ0v) is 18.6. The minimum Gasteiger partial charge on any atom is -0.343 e. The molecule has 31 heavy (non-hydrogen) atoms. The Morgan fingerprint density at radius 1 is 0.903 bits per heavy atom. The quantitative estimate of drug-likeness (QED) is 0.689. The summed E-state index contributed by atoms with van der Waals surface area (Å²) in [5.74, 6) is -0.654. The van der Waals surface area contributed by atoms with Crippen LogP contribution in [0.15, 0.2) is 23.1 Å². The number of likely N-dealkylation sites (tertiary alicyclic amines) is 2. The van der Waals surface area contributed by atoms with Crippen LogP contribution in [0.5, 0.6) is 0 Å². The van der Waals surface area contributed by atoms with E-state index in [2.05, 4.69) is 0 Å². The fraction of sp³-hybridized carbons (Fsp3) is 0.636. The van der Waals surface area contributed by atoms with Crippen LogP contribution in [0.3, 0.4) is 0 Å². The number of rotatable bonds is 5. The molecule has 3 saturated heterocycles. The van der Waals surface area contributed by atoms with Gasteiger partial charge in [-0.3, -0.25) is 9.59 Å². The molecule has 0 radical (unpaired) electrons. The van der Waals surface area contributed by atoms with Gasteiger partial charge in [0, 0.05) is 51.3 Å². The average molecular weight is 452 g/mol. The van der Waals surface area contributed by atoms with Crippen molar-refractivity contribution < 1.29 is 22.4 Å². The Hall–Kier alpha value is -2.00. The predicted molar refractivity (Wildman–Crippen MR) is 113 cm³/mol. The summed E-state index contributed by atoms with van der Waals surface area (Å²) >= 11 is 0. The van der Waals surface area contributed by atoms with Crippen molar-refractivity contribution in [2.24, 2.45) is 5.92 Å². The van der Waals surface area contributed by atoms with Crippen LogP contribution in [-0.2, 0) is 14.8 Å². The van der Waals surface area contributed by atoms with Gasteiger partial charge in [0.1, 0.15) is 10.7 Å². The highest BCUT2D eigenvalue weighted by Crippen LogP contribution is 2.27. The largest absolute Gasteiger partial charge is 0.343 e. The maximum atomic E-state index is 14.4. The maximum absolute atomic E-state index is 14.4. The van der Waals surface area contributed by atoms with Crippen molar-refractivity contribution in [2.75, 3.05) is 39.3 Å². The first kappa shape index (κ1) is 22.2. The van der Waals surface area contributed by atoms with Gasteiger partial charge in [-0.2, -0.15) is 4.31 Å². The van der Waals surface area contributed by atoms with E-state index >= 15 is 0 Å². The molecule has 0 N–H and O–H groups in total. The fourth-order valence-corrected chi connectivity index (χ4v) is 6.37. The molecule has 0 atom stereocenters. The number of hydrogen-bond donors (Lipinski definition) is 0. The first-order valence-corrected chi connectivity index (χ1v) is 12.7. The molecule has 0 bridgehead atoms. The molecule has 170 valence electrons. The van der Waals surface area contributed by atoms with Crippen molar-refractivity contribution in [1.29, 1.82) is 0 Å². The Kier molecular flexibility index (Phi) is 6.62. The Bertz CT molecular complexity index is 932. The summed E-state index contributed by atoms with van der Waals surface area (Å²) in [6, 6.07) is 3.59. The van der Waals surface area contributed by atoms with Crippen molar-refractivity contribution in [3.63, 3.8) is 0 Å². The van der Waals surface area contributed by atoms with E-state index in [0.717, 1.165) is 57.7 Å². The van der Waals surface area contributed by atoms with E-state index < -0.39 is 20.7 Å². The van der Waals surface area contributed by atoms with Crippen LogP contribution in [0.4, 0.5) is 4.39 Å². The minimum atomic E-state index is -3.94. The average Bonchev–Trinajstić information content (AvgIpc) is 3.48. The van der Waals surface area contributed by atoms with Crippen molar-refractivity contribution >= 4 is 21.8 Å². The van der Waals surface area contributed by atoms with E-state index in [1.165, 1.54) is 16.4 Å². The van der Waals surface area contributed by atoms with Crippen LogP contribution < -0.4 is 0 Å². The van der Waals surface area contributed by atoms with Crippen LogP contribution in [-0.4, -0.2) is 73.6 Å². The van der Waals surface area contributed by atoms with Gasteiger partial charge in [0.2, 0.25) is 15.9 Å². The highest BCUT2D eigenvalue weighted by atomic mass is 32.2. The summed E-state index contributed by atoms with van der Waals surface area (Å²) in [5.41, 5.74) is 0.186. The molecule has 1 aromatic carbocycles. The second kappa shape index (κ2) is 9.24. The second-order valence-electron chi connectivity index (χ2n) is 8.78. The lowest BCUT2D eigenvalue weighted by Crippen LogP contribution is -2.40. The number of piperidine rings is 1. The van der Waals surface area contributed by atoms with Crippen molar-refractivity contribution in [2.45, 2.75) is 49.8 Å². The second-order valence-corrected chi connectivity index (χ2v) is 10.7. The van der Waals surface area contributed by atoms with Gasteiger partial charge in [0.05, 0.1) is 0 Å². The standard InChI is InChI=1S/C22H30FN3O4S/c23-19-6-5-18(16-20(19)31(29,30)26-11-3-4-12-26)22(28)25-13-7-17(8-14-25)15-21(27)24-9-1-2-10-24/h5-6,16-17H,1-4,7-15H2. The minimum absolute atomic E-state index is 0.186. The SMILES string of the molecule is O=C(CC1CCN(C(=O)c2ccc(F)c(S(=O)(=O)N3CCCC3)c2)CC1)N1CCCC1. The Morgan fingerprint density at radius 2 is 1.52 bits per heavy atom. The maximum Gasteiger partial charge on any atom is 0.253 e. The van der Waals surface area contributed by atoms with Crippen LogP contribution in [0.25, 0.3) is 0 Å². The van der Waals surface area contributed by atoms with E-state index in [1.807, 2.05) is 4.90 Å². The summed E-state index contributed by atoms with van der Waals surface area (Å²) in [6.45, 7) is 3.49. The van der Waals surface area contributed by atoms with Gasteiger partial charge in [-0.15, -0.1) is 0 Å². The molecule has 4 rings (SSSR count). The molecule has 3 aliphatic heterocycles. The summed E-state index contributed by atoms with van der Waals surface area (Å²) in [7, 11) is -3.94. The normalized spacial score (nSPS) is 21.1. The molecule has 7 nitrogen and oxygen atoms in total. The van der Waals surface area contributed by atoms with E-state index in [-0.39, 0.29) is 23.3 Å². The highest BCUT2D eigenvalue weighted by molar-refractivity contribution is 7.89. The van der Waals surface area contributed by atoms with Gasteiger partial charge in [0.15, 0.2) is 0 Å². The van der Waals surface area contributed by atoms with Crippen LogP contribution >= 0.6 is 0 Å². The molecule has 0 aliphatic carbocycles. The van der Waals surface area contributed by atoms with E-state index in [9.17, 15) is 22.4 Å². The third-order valence-corrected chi connectivity index (χ3v) is 8.60. The molecular formula is C22H30FN3O4S. The third kappa shape index (κ3) is 4.77. The van der Waals surface area contributed by atoms with Gasteiger partial charge in [-0.05, 0) is 62.6 Å². The fourth-order valence-electron chi connectivity index (χ4n) is 4.77. The number of halogens is 1. The van der Waals surface area contributed by atoms with Gasteiger partial charge in [-0.1, -0.05) is 0 Å². The van der Waals surface area contributed by atoms with E-state index in [1.54, 1.807) is 4.90 Å². The lowest BCUT2D eigenvalue weighted by atomic mass is 9.92. The van der Waals surface area contributed by atoms with Gasteiger partial charge < -0.3 is 9.80 Å². The Morgan fingerprint density at radius 3 is 2.16 bits per heavy atom. The molecule has 3 fully saturated rings. The number of benzene rings is 1. The van der Waals surface area contributed by atoms with Crippen molar-refractivity contribution in [3.05, 3.63) is 29.6 Å². The monoisotopic (exact) mass is 451 g/mol. The Labute approximate surface area is 183 Å². The number of carbonyl (C=O) groups excluding carboxylic acids is 2. The smallest absolute Gasteiger partial charge is 0.253 e. The number of amides is 2. The Balaban J connectivity index is 1.39. The number of nitrogens with zero attached hydrogens (tertiary/aromatic N) is 3. The number of carbonyl (C=O) groups is 2. The lowest BCUT2D eigenvalue weighted by Gasteiger charge is -2.32. The summed E-state index contributed by atoms with van der Waals surface area (Å²) in [5, 5.41) is 0. The van der Waals surface area contributed by atoms with Crippen LogP contribution in [0.2, 0.25) is 0 Å². The highest BCUT2D eigenvalue weighted by Gasteiger charge is 2.32. The summed E-state index contributed by atoms with van der Waals surface area (Å²) in [6.07, 6.45) is 5.68. The van der Waals surface area contributed by atoms with Crippen LogP contribution in [0.1, 0.15) is 55.3 Å². The molecule has 9 heteroatoms. The van der Waals surface area contributed by atoms with Crippen LogP contribution in [0, 0.1) is 11.7 Å². The van der Waals surface area contributed by atoms with Gasteiger partial charge in [0.25, 0.3) is 5.91 Å². The predicted octanol–water partition coefficient (Wildman–Crippen LogP) is 2.47. The molecule has 3 aliphatic rings. The van der Waals surface area contributed by atoms with E-state index in [4.69, 9.17) is 0 Å². The zero-order valence-electron chi connectivity index (χ0n) is 17.8. The topological polar surface area (TPSA) is 78.0 Å².